The Morgan fingerprint density at radius 2 is 2.07 bits per heavy atom. The molecule has 0 bridgehead atoms. The first-order chi connectivity index (χ1) is 14.0. The summed E-state index contributed by atoms with van der Waals surface area (Å²) >= 11 is 3.14. The van der Waals surface area contributed by atoms with Gasteiger partial charge in [0.25, 0.3) is 5.56 Å². The normalized spacial score (nSPS) is 15.3. The fourth-order valence-electron chi connectivity index (χ4n) is 3.41. The quantitative estimate of drug-likeness (QED) is 0.650. The molecule has 0 atom stereocenters. The van der Waals surface area contributed by atoms with E-state index < -0.39 is 0 Å². The van der Waals surface area contributed by atoms with Crippen LogP contribution in [0.4, 0.5) is 4.79 Å². The molecule has 4 rings (SSSR count). The van der Waals surface area contributed by atoms with Gasteiger partial charge in [-0.25, -0.2) is 9.78 Å². The largest absolute Gasteiger partial charge is 0.338 e. The van der Waals surface area contributed by atoms with E-state index in [4.69, 9.17) is 4.98 Å². The summed E-state index contributed by atoms with van der Waals surface area (Å²) in [4.78, 5) is 38.5. The second-order valence-corrected chi connectivity index (χ2v) is 9.47. The van der Waals surface area contributed by atoms with Crippen LogP contribution < -0.4 is 10.9 Å². The number of carbonyl (C=O) groups excluding carboxylic acids is 1. The molecule has 3 aromatic heterocycles. The molecule has 9 heteroatoms. The van der Waals surface area contributed by atoms with E-state index in [-0.39, 0.29) is 11.6 Å². The minimum absolute atomic E-state index is 0.00555. The number of aromatic amines is 1. The Kier molecular flexibility index (Phi) is 5.98. The van der Waals surface area contributed by atoms with Crippen LogP contribution in [0, 0.1) is 5.92 Å². The van der Waals surface area contributed by atoms with Crippen molar-refractivity contribution >= 4 is 38.9 Å². The molecule has 0 spiro atoms. The molecule has 2 amide bonds. The lowest BCUT2D eigenvalue weighted by molar-refractivity contribution is 0.133. The number of hydrogen-bond donors (Lipinski definition) is 2. The molecule has 154 valence electrons. The van der Waals surface area contributed by atoms with Gasteiger partial charge in [-0.05, 0) is 17.4 Å². The van der Waals surface area contributed by atoms with Crippen molar-refractivity contribution in [2.75, 3.05) is 32.7 Å². The standard InChI is InChI=1S/C20H25N5O2S2/c1-13(2)10-21-20(27)25-7-5-24(6-8-25)11-16-22-18(26)17-14(12-29-19(17)23-16)15-4-3-9-28-15/h3-4,9,12-13H,5-8,10-11H2,1-2H3,(H,21,27)(H,22,23,26). The van der Waals surface area contributed by atoms with Crippen molar-refractivity contribution in [3.8, 4) is 10.4 Å². The number of nitrogens with one attached hydrogen (secondary N) is 2. The van der Waals surface area contributed by atoms with E-state index in [9.17, 15) is 9.59 Å². The van der Waals surface area contributed by atoms with Crippen LogP contribution in [0.1, 0.15) is 19.7 Å². The van der Waals surface area contributed by atoms with E-state index in [0.717, 1.165) is 28.4 Å². The highest BCUT2D eigenvalue weighted by Gasteiger charge is 2.22. The number of H-pyrrole nitrogens is 1. The molecule has 1 aliphatic heterocycles. The minimum Gasteiger partial charge on any atom is -0.338 e. The number of nitrogens with zero attached hydrogens (tertiary/aromatic N) is 3. The van der Waals surface area contributed by atoms with Crippen LogP contribution in [0.2, 0.25) is 0 Å². The minimum atomic E-state index is -0.0821. The topological polar surface area (TPSA) is 81.3 Å². The van der Waals surface area contributed by atoms with Crippen LogP contribution in [0.3, 0.4) is 0 Å². The Balaban J connectivity index is 1.41. The molecule has 0 aliphatic carbocycles. The highest BCUT2D eigenvalue weighted by Crippen LogP contribution is 2.33. The molecule has 0 aromatic carbocycles. The van der Waals surface area contributed by atoms with Crippen LogP contribution in [-0.4, -0.2) is 58.5 Å². The molecule has 7 nitrogen and oxygen atoms in total. The predicted molar refractivity (Wildman–Crippen MR) is 119 cm³/mol. The molecular weight excluding hydrogens is 406 g/mol. The van der Waals surface area contributed by atoms with Crippen molar-refractivity contribution in [2.45, 2.75) is 20.4 Å². The second-order valence-electron chi connectivity index (χ2n) is 7.66. The SMILES string of the molecule is CC(C)CNC(=O)N1CCN(Cc2nc3scc(-c4cccs4)c3c(=O)[nH]2)CC1. The van der Waals surface area contributed by atoms with Crippen molar-refractivity contribution in [1.29, 1.82) is 0 Å². The maximum absolute atomic E-state index is 12.7. The van der Waals surface area contributed by atoms with Gasteiger partial charge in [0.1, 0.15) is 10.7 Å². The summed E-state index contributed by atoms with van der Waals surface area (Å²) in [7, 11) is 0. The summed E-state index contributed by atoms with van der Waals surface area (Å²) in [6, 6.07) is 4.02. The van der Waals surface area contributed by atoms with Gasteiger partial charge >= 0.3 is 6.03 Å². The van der Waals surface area contributed by atoms with Crippen LogP contribution in [-0.2, 0) is 6.54 Å². The Bertz CT molecular complexity index is 1030. The molecule has 1 saturated heterocycles. The smallest absolute Gasteiger partial charge is 0.317 e. The Morgan fingerprint density at radius 3 is 2.76 bits per heavy atom. The van der Waals surface area contributed by atoms with Crippen LogP contribution in [0.5, 0.6) is 0 Å². The van der Waals surface area contributed by atoms with Crippen LogP contribution in [0.25, 0.3) is 20.7 Å². The van der Waals surface area contributed by atoms with Gasteiger partial charge in [0.2, 0.25) is 0 Å². The number of thiophene rings is 2. The Morgan fingerprint density at radius 1 is 1.28 bits per heavy atom. The van der Waals surface area contributed by atoms with Crippen molar-refractivity contribution in [1.82, 2.24) is 25.1 Å². The molecule has 4 heterocycles. The summed E-state index contributed by atoms with van der Waals surface area (Å²) in [6.45, 7) is 8.33. The number of hydrogen-bond acceptors (Lipinski definition) is 6. The maximum atomic E-state index is 12.7. The van der Waals surface area contributed by atoms with E-state index in [1.807, 2.05) is 27.8 Å². The zero-order valence-electron chi connectivity index (χ0n) is 16.6. The summed E-state index contributed by atoms with van der Waals surface area (Å²) in [5, 5.41) is 7.66. The third-order valence-electron chi connectivity index (χ3n) is 4.97. The first-order valence-electron chi connectivity index (χ1n) is 9.80. The number of urea groups is 1. The van der Waals surface area contributed by atoms with Gasteiger partial charge in [0, 0.05) is 48.5 Å². The Hall–Kier alpha value is -2.23. The highest BCUT2D eigenvalue weighted by molar-refractivity contribution is 7.18. The number of rotatable bonds is 5. The van der Waals surface area contributed by atoms with Crippen molar-refractivity contribution < 1.29 is 4.79 Å². The third kappa shape index (κ3) is 4.52. The summed E-state index contributed by atoms with van der Waals surface area (Å²) < 4.78 is 0. The maximum Gasteiger partial charge on any atom is 0.317 e. The monoisotopic (exact) mass is 431 g/mol. The van der Waals surface area contributed by atoms with Crippen LogP contribution >= 0.6 is 22.7 Å². The summed E-state index contributed by atoms with van der Waals surface area (Å²) in [6.07, 6.45) is 0. The molecule has 1 fully saturated rings. The van der Waals surface area contributed by atoms with Gasteiger partial charge in [-0.15, -0.1) is 22.7 Å². The van der Waals surface area contributed by atoms with Gasteiger partial charge in [-0.1, -0.05) is 19.9 Å². The lowest BCUT2D eigenvalue weighted by Crippen LogP contribution is -2.52. The molecule has 0 saturated carbocycles. The van der Waals surface area contributed by atoms with Gasteiger partial charge in [-0.3, -0.25) is 9.69 Å². The van der Waals surface area contributed by atoms with E-state index in [0.29, 0.717) is 43.3 Å². The average Bonchev–Trinajstić information content (AvgIpc) is 3.36. The Labute approximate surface area is 177 Å². The predicted octanol–water partition coefficient (Wildman–Crippen LogP) is 3.20. The molecule has 2 N–H and O–H groups in total. The molecule has 3 aromatic rings. The molecule has 0 unspecified atom stereocenters. The van der Waals surface area contributed by atoms with Crippen molar-refractivity contribution in [2.24, 2.45) is 5.92 Å². The average molecular weight is 432 g/mol. The van der Waals surface area contributed by atoms with E-state index in [2.05, 4.69) is 29.0 Å². The summed E-state index contributed by atoms with van der Waals surface area (Å²) in [5.74, 6) is 1.12. The number of fused-ring (bicyclic) bond motifs is 1. The van der Waals surface area contributed by atoms with E-state index in [1.54, 1.807) is 11.3 Å². The van der Waals surface area contributed by atoms with Gasteiger partial charge in [0.15, 0.2) is 0 Å². The molecule has 1 aliphatic rings. The summed E-state index contributed by atoms with van der Waals surface area (Å²) in [5.41, 5.74) is 0.877. The number of piperazine rings is 1. The molecule has 29 heavy (non-hydrogen) atoms. The fourth-order valence-corrected chi connectivity index (χ4v) is 5.19. The fraction of sp³-hybridized carbons (Fsp3) is 0.450. The van der Waals surface area contributed by atoms with E-state index >= 15 is 0 Å². The van der Waals surface area contributed by atoms with Crippen LogP contribution in [0.15, 0.2) is 27.7 Å². The number of carbonyl (C=O) groups is 1. The van der Waals surface area contributed by atoms with Crippen molar-refractivity contribution in [3.63, 3.8) is 0 Å². The zero-order valence-corrected chi connectivity index (χ0v) is 18.2. The van der Waals surface area contributed by atoms with Crippen molar-refractivity contribution in [3.05, 3.63) is 39.1 Å². The first kappa shape index (κ1) is 20.1. The number of amides is 2. The van der Waals surface area contributed by atoms with E-state index in [1.165, 1.54) is 11.3 Å². The zero-order chi connectivity index (χ0) is 20.4. The first-order valence-corrected chi connectivity index (χ1v) is 11.6. The highest BCUT2D eigenvalue weighted by atomic mass is 32.1. The number of aromatic nitrogens is 2. The molecular formula is C20H25N5O2S2. The lowest BCUT2D eigenvalue weighted by atomic mass is 10.2. The van der Waals surface area contributed by atoms with Gasteiger partial charge in [0.05, 0.1) is 11.9 Å². The van der Waals surface area contributed by atoms with Gasteiger partial charge < -0.3 is 15.2 Å². The third-order valence-corrected chi connectivity index (χ3v) is 6.75. The van der Waals surface area contributed by atoms with Gasteiger partial charge in [-0.2, -0.15) is 0 Å². The second kappa shape index (κ2) is 8.64. The lowest BCUT2D eigenvalue weighted by Gasteiger charge is -2.34. The molecule has 0 radical (unpaired) electrons.